The Morgan fingerprint density at radius 1 is 0.513 bits per heavy atom. The van der Waals surface area contributed by atoms with E-state index in [9.17, 15) is 60.6 Å². The molecule has 0 saturated carbocycles. The first-order valence-corrected chi connectivity index (χ1v) is 42.4. The monoisotopic (exact) mass is 1610 g/mol. The molecule has 4 aromatic carbocycles. The third kappa shape index (κ3) is 24.8. The number of amides is 7. The van der Waals surface area contributed by atoms with Gasteiger partial charge in [-0.1, -0.05) is 140 Å². The molecule has 32 heteroatoms. The Bertz CT molecular complexity index is 4030. The van der Waals surface area contributed by atoms with Gasteiger partial charge in [0.2, 0.25) is 43.7 Å². The van der Waals surface area contributed by atoms with Gasteiger partial charge in [-0.05, 0) is 142 Å². The first-order chi connectivity index (χ1) is 53.6. The molecule has 624 valence electrons. The number of alkyl carbamates (subject to hydrolysis) is 3. The van der Waals surface area contributed by atoms with Gasteiger partial charge in [0.05, 0.1) is 78.4 Å². The van der Waals surface area contributed by atoms with E-state index in [1.54, 1.807) is 49.9 Å². The smallest absolute Gasteiger partial charge is 0.408 e. The number of rotatable bonds is 33. The number of nitrogens with two attached hydrogens (primary N) is 1. The van der Waals surface area contributed by atoms with E-state index < -0.39 is 117 Å². The highest BCUT2D eigenvalue weighted by atomic mass is 32.2. The largest absolute Gasteiger partial charge is 0.444 e. The first kappa shape index (κ1) is 89.0. The second kappa shape index (κ2) is 40.6. The molecule has 6 aliphatic rings. The number of carbonyl (C=O) groups excluding carboxylic acids is 7. The minimum Gasteiger partial charge on any atom is -0.444 e. The number of nitrogens with one attached hydrogen (secondary N) is 5. The molecule has 6 aliphatic heterocycles. The Morgan fingerprint density at radius 3 is 1.28 bits per heavy atom. The molecule has 0 aromatic heterocycles. The van der Waals surface area contributed by atoms with Crippen molar-refractivity contribution >= 4 is 62.0 Å². The van der Waals surface area contributed by atoms with E-state index >= 15 is 0 Å². The second-order valence-corrected chi connectivity index (χ2v) is 36.5. The molecule has 113 heavy (non-hydrogen) atoms. The van der Waals surface area contributed by atoms with Gasteiger partial charge in [0.15, 0.2) is 12.6 Å². The van der Waals surface area contributed by atoms with E-state index in [1.165, 1.54) is 37.8 Å². The number of aliphatic hydroxyl groups excluding tert-OH is 2. The van der Waals surface area contributed by atoms with E-state index in [-0.39, 0.29) is 134 Å². The third-order valence-electron chi connectivity index (χ3n) is 20.9. The number of benzene rings is 4. The molecule has 0 bridgehead atoms. The van der Waals surface area contributed by atoms with Crippen LogP contribution in [0.1, 0.15) is 137 Å². The van der Waals surface area contributed by atoms with Crippen molar-refractivity contribution < 1.29 is 93.8 Å². The SMILES string of the molecule is CC(C)CN(C[C@@H](O)[C@H](Cc1ccccc1)NC(=O)O[C@H]1CO[C@H]2OCC[C@H]21)S(=O)(=O)c1ccc(CNC(=O)[C@@H]2CCCN2C(=O)[C@@H](N)C(C)C)cc1.CC(C)CN(C[C@@H](O)[C@H](Cc1ccccc1)NC(=O)O[C@H]1CO[C@H]2OCC[C@H]21)S(=O)(=O)c1ccc(CNC(=O)[C@@H]2CCCN2C(=O)[C@@H](NC(=O)OC(C)(C)C)C(C)C)cc1. The maximum atomic E-state index is 14.2. The lowest BCUT2D eigenvalue weighted by Gasteiger charge is -2.31. The fourth-order valence-corrected chi connectivity index (χ4v) is 18.0. The zero-order valence-electron chi connectivity index (χ0n) is 66.9. The summed E-state index contributed by atoms with van der Waals surface area (Å²) in [6, 6.07) is 26.3. The molecular weight excluding hydrogens is 1500 g/mol. The Morgan fingerprint density at radius 2 is 0.912 bits per heavy atom. The maximum Gasteiger partial charge on any atom is 0.408 e. The zero-order chi connectivity index (χ0) is 82.1. The minimum atomic E-state index is -4.14. The summed E-state index contributed by atoms with van der Waals surface area (Å²) in [5, 5.41) is 37.3. The van der Waals surface area contributed by atoms with Gasteiger partial charge in [0, 0.05) is 52.4 Å². The van der Waals surface area contributed by atoms with Crippen LogP contribution in [0.3, 0.4) is 0 Å². The normalized spacial score (nSPS) is 22.6. The van der Waals surface area contributed by atoms with Crippen LogP contribution < -0.4 is 32.3 Å². The molecule has 14 atom stereocenters. The molecule has 4 aromatic rings. The molecule has 7 amide bonds. The summed E-state index contributed by atoms with van der Waals surface area (Å²) in [5.41, 5.74) is 8.32. The van der Waals surface area contributed by atoms with E-state index in [2.05, 4.69) is 26.6 Å². The lowest BCUT2D eigenvalue weighted by molar-refractivity contribution is -0.140. The lowest BCUT2D eigenvalue weighted by atomic mass is 10.0. The van der Waals surface area contributed by atoms with Crippen molar-refractivity contribution in [1.29, 1.82) is 0 Å². The Hall–Kier alpha value is -7.89. The molecule has 0 unspecified atom stereocenters. The number of aliphatic hydroxyl groups is 2. The summed E-state index contributed by atoms with van der Waals surface area (Å²) in [6.45, 7) is 22.3. The Balaban J connectivity index is 0.000000261. The summed E-state index contributed by atoms with van der Waals surface area (Å²) < 4.78 is 98.0. The van der Waals surface area contributed by atoms with Gasteiger partial charge in [-0.3, -0.25) is 19.2 Å². The van der Waals surface area contributed by atoms with Crippen LogP contribution in [-0.4, -0.2) is 232 Å². The Labute approximate surface area is 665 Å². The Kier molecular flexibility index (Phi) is 32.0. The number of fused-ring (bicyclic) bond motifs is 2. The van der Waals surface area contributed by atoms with Gasteiger partial charge < -0.3 is 85.5 Å². The summed E-state index contributed by atoms with van der Waals surface area (Å²) >= 11 is 0. The van der Waals surface area contributed by atoms with Crippen molar-refractivity contribution in [1.82, 2.24) is 45.0 Å². The topological polar surface area (TPSA) is 392 Å². The highest BCUT2D eigenvalue weighted by molar-refractivity contribution is 7.89. The highest BCUT2D eigenvalue weighted by Gasteiger charge is 2.47. The van der Waals surface area contributed by atoms with Crippen molar-refractivity contribution in [3.63, 3.8) is 0 Å². The van der Waals surface area contributed by atoms with Gasteiger partial charge in [-0.2, -0.15) is 8.61 Å². The summed E-state index contributed by atoms with van der Waals surface area (Å²) in [7, 11) is -8.23. The van der Waals surface area contributed by atoms with Crippen molar-refractivity contribution in [2.24, 2.45) is 41.2 Å². The summed E-state index contributed by atoms with van der Waals surface area (Å²) in [5.74, 6) is -1.84. The lowest BCUT2D eigenvalue weighted by Crippen LogP contribution is -2.55. The standard InChI is InChI=1S/C43H63N5O11S.C38H55N5O9S/c1-27(2)24-47(25-35(49)33(22-29-12-9-8-10-13-29)45-41(52)58-36-26-57-40-32(36)19-21-56-40)60(54,55)31-17-15-30(16-18-31)23-44-38(50)34-14-11-20-48(34)39(51)37(28(3)4)46-42(53)59-43(5,6)7;1-24(2)21-42(22-32(44)30(19-26-9-6-5-7-10-26)41-38(47)52-33-23-51-37-29(33)16-18-50-37)53(48,49)28-14-12-27(13-15-28)20-40-35(45)31-11-8-17-43(31)36(46)34(39)25(3)4/h8-10,12-13,15-18,27-28,32-37,40,49H,11,14,19-26H2,1-7H3,(H,44,50)(H,45,52)(H,46,53);5-7,9-10,12-15,24-25,29-34,37,44H,8,11,16-23,39H2,1-4H3,(H,40,45)(H,41,47)/t32-,33-,34-,35+,36-,37-,40+;29-,30-,31-,32+,33-,34-,37+/m00/s1. The fraction of sp³-hybridized carbons (Fsp3) is 0.617. The molecule has 0 spiro atoms. The van der Waals surface area contributed by atoms with Crippen LogP contribution in [0, 0.1) is 35.5 Å². The van der Waals surface area contributed by atoms with Gasteiger partial charge in [-0.15, -0.1) is 0 Å². The number of hydrogen-bond acceptors (Lipinski definition) is 21. The van der Waals surface area contributed by atoms with Gasteiger partial charge in [0.25, 0.3) is 0 Å². The molecule has 30 nitrogen and oxygen atoms in total. The molecule has 6 fully saturated rings. The van der Waals surface area contributed by atoms with Crippen molar-refractivity contribution in [2.45, 2.75) is 229 Å². The van der Waals surface area contributed by atoms with E-state index in [0.717, 1.165) is 11.1 Å². The number of ether oxygens (including phenoxy) is 7. The molecule has 10 rings (SSSR count). The average Bonchev–Trinajstić information content (AvgIpc) is 1.57. The van der Waals surface area contributed by atoms with Gasteiger partial charge in [-0.25, -0.2) is 31.2 Å². The molecule has 9 N–H and O–H groups in total. The highest BCUT2D eigenvalue weighted by Crippen LogP contribution is 2.35. The van der Waals surface area contributed by atoms with Crippen LogP contribution in [0.2, 0.25) is 0 Å². The minimum absolute atomic E-state index is 0.00301. The van der Waals surface area contributed by atoms with Crippen LogP contribution in [0.4, 0.5) is 14.4 Å². The first-order valence-electron chi connectivity index (χ1n) is 39.5. The van der Waals surface area contributed by atoms with Crippen LogP contribution in [0.25, 0.3) is 0 Å². The van der Waals surface area contributed by atoms with E-state index in [4.69, 9.17) is 38.9 Å². The maximum absolute atomic E-state index is 14.2. The van der Waals surface area contributed by atoms with Crippen molar-refractivity contribution in [3.8, 4) is 0 Å². The van der Waals surface area contributed by atoms with Gasteiger partial charge in [0.1, 0.15) is 35.9 Å². The van der Waals surface area contributed by atoms with Crippen LogP contribution in [-0.2, 0) is 98.3 Å². The van der Waals surface area contributed by atoms with Gasteiger partial charge >= 0.3 is 18.3 Å². The van der Waals surface area contributed by atoms with Crippen molar-refractivity contribution in [2.75, 3.05) is 65.7 Å². The molecule has 0 radical (unpaired) electrons. The quantitative estimate of drug-likeness (QED) is 0.0241. The van der Waals surface area contributed by atoms with Crippen molar-refractivity contribution in [3.05, 3.63) is 131 Å². The number of carbonyl (C=O) groups is 7. The third-order valence-corrected chi connectivity index (χ3v) is 24.6. The molecule has 0 aliphatic carbocycles. The zero-order valence-corrected chi connectivity index (χ0v) is 68.5. The predicted molar refractivity (Wildman–Crippen MR) is 418 cm³/mol. The predicted octanol–water partition coefficient (Wildman–Crippen LogP) is 6.33. The molecule has 6 saturated heterocycles. The number of hydrogen-bond donors (Lipinski definition) is 8. The van der Waals surface area contributed by atoms with E-state index in [0.29, 0.717) is 76.0 Å². The average molecular weight is 1620 g/mol. The summed E-state index contributed by atoms with van der Waals surface area (Å²) in [4.78, 5) is 95.0. The summed E-state index contributed by atoms with van der Waals surface area (Å²) in [6.07, 6.45) is -2.34. The number of nitrogens with zero attached hydrogens (tertiary/aromatic N) is 4. The molecule has 6 heterocycles. The van der Waals surface area contributed by atoms with Crippen LogP contribution in [0.5, 0.6) is 0 Å². The van der Waals surface area contributed by atoms with Crippen LogP contribution >= 0.6 is 0 Å². The fourth-order valence-electron chi connectivity index (χ4n) is 14.8. The molecular formula is C81H118N10O20S2. The number of sulfonamides is 2. The van der Waals surface area contributed by atoms with Crippen LogP contribution in [0.15, 0.2) is 119 Å². The second-order valence-electron chi connectivity index (χ2n) is 32.6. The van der Waals surface area contributed by atoms with E-state index in [1.807, 2.05) is 116 Å². The number of likely N-dealkylation sites (tertiary alicyclic amines) is 2.